The minimum Gasteiger partial charge on any atom is -0.322 e. The molecule has 36 heavy (non-hydrogen) atoms. The quantitative estimate of drug-likeness (QED) is 0.446. The lowest BCUT2D eigenvalue weighted by Crippen LogP contribution is -2.40. The topological polar surface area (TPSA) is 81.3 Å². The lowest BCUT2D eigenvalue weighted by Gasteiger charge is -2.25. The van der Waals surface area contributed by atoms with Crippen LogP contribution in [0.2, 0.25) is 5.02 Å². The Morgan fingerprint density at radius 1 is 1.11 bits per heavy atom. The second-order valence-electron chi connectivity index (χ2n) is 8.71. The number of hydrogen-bond acceptors (Lipinski definition) is 5. The van der Waals surface area contributed by atoms with Gasteiger partial charge >= 0.3 is 0 Å². The fraction of sp³-hybridized carbons (Fsp3) is 0.185. The van der Waals surface area contributed by atoms with E-state index in [9.17, 15) is 9.59 Å². The van der Waals surface area contributed by atoms with E-state index in [1.807, 2.05) is 63.4 Å². The van der Waals surface area contributed by atoms with Crippen molar-refractivity contribution >= 4 is 40.6 Å². The number of para-hydroxylation sites is 1. The number of hydrogen-bond donors (Lipinski definition) is 1. The summed E-state index contributed by atoms with van der Waals surface area (Å²) >= 11 is 7.46. The molecule has 182 valence electrons. The van der Waals surface area contributed by atoms with Crippen LogP contribution in [0.3, 0.4) is 0 Å². The number of allylic oxidation sites excluding steroid dienone is 1. The number of thiazole rings is 1. The van der Waals surface area contributed by atoms with Crippen molar-refractivity contribution in [1.29, 1.82) is 0 Å². The Morgan fingerprint density at radius 3 is 2.50 bits per heavy atom. The number of halogens is 1. The molecule has 1 amide bonds. The molecule has 3 heterocycles. The number of carbonyl (C=O) groups excluding carboxylic acids is 1. The molecule has 2 aromatic heterocycles. The molecule has 4 aromatic rings. The van der Waals surface area contributed by atoms with Crippen LogP contribution in [-0.4, -0.2) is 20.3 Å². The number of nitrogens with zero attached hydrogens (tertiary/aromatic N) is 4. The van der Waals surface area contributed by atoms with E-state index in [0.717, 1.165) is 22.4 Å². The van der Waals surface area contributed by atoms with E-state index in [0.29, 0.717) is 31.3 Å². The van der Waals surface area contributed by atoms with Crippen LogP contribution in [0.15, 0.2) is 75.8 Å². The van der Waals surface area contributed by atoms with E-state index in [1.165, 1.54) is 11.3 Å². The van der Waals surface area contributed by atoms with Gasteiger partial charge in [0.2, 0.25) is 0 Å². The van der Waals surface area contributed by atoms with Crippen LogP contribution in [0, 0.1) is 13.8 Å². The lowest BCUT2D eigenvalue weighted by atomic mass is 9.95. The Kier molecular flexibility index (Phi) is 6.24. The van der Waals surface area contributed by atoms with Gasteiger partial charge in [0, 0.05) is 29.0 Å². The van der Waals surface area contributed by atoms with Crippen LogP contribution in [0.5, 0.6) is 0 Å². The van der Waals surface area contributed by atoms with E-state index in [2.05, 4.69) is 15.4 Å². The molecular weight excluding hydrogens is 494 g/mol. The van der Waals surface area contributed by atoms with Crippen molar-refractivity contribution in [3.63, 3.8) is 0 Å². The number of aryl methyl sites for hydroxylation is 2. The van der Waals surface area contributed by atoms with Crippen molar-refractivity contribution in [2.45, 2.75) is 26.8 Å². The Bertz CT molecular complexity index is 1710. The van der Waals surface area contributed by atoms with E-state index < -0.39 is 6.04 Å². The van der Waals surface area contributed by atoms with Gasteiger partial charge in [0.1, 0.15) is 0 Å². The SMILES string of the molecule is CC1=C(C(=O)Nc2ccccc2C)[C@H](c2ccc(Cl)cc2)n2c(s/c(=C/c3cnn(C)c3C)c2=O)=N1. The van der Waals surface area contributed by atoms with Crippen molar-refractivity contribution in [1.82, 2.24) is 14.3 Å². The maximum Gasteiger partial charge on any atom is 0.271 e. The fourth-order valence-electron chi connectivity index (χ4n) is 4.27. The van der Waals surface area contributed by atoms with E-state index >= 15 is 0 Å². The van der Waals surface area contributed by atoms with Gasteiger partial charge in [0.05, 0.1) is 28.0 Å². The first kappa shape index (κ1) is 24.0. The minimum atomic E-state index is -0.653. The Labute approximate surface area is 216 Å². The first-order chi connectivity index (χ1) is 17.2. The third kappa shape index (κ3) is 4.23. The predicted molar refractivity (Wildman–Crippen MR) is 143 cm³/mol. The summed E-state index contributed by atoms with van der Waals surface area (Å²) in [6.07, 6.45) is 3.56. The Hall–Kier alpha value is -3.75. The number of aromatic nitrogens is 3. The summed E-state index contributed by atoms with van der Waals surface area (Å²) in [6, 6.07) is 14.1. The van der Waals surface area contributed by atoms with Crippen molar-refractivity contribution in [3.05, 3.63) is 113 Å². The zero-order valence-corrected chi connectivity index (χ0v) is 21.8. The molecule has 7 nitrogen and oxygen atoms in total. The Morgan fingerprint density at radius 2 is 1.83 bits per heavy atom. The zero-order valence-electron chi connectivity index (χ0n) is 20.2. The second-order valence-corrected chi connectivity index (χ2v) is 10.2. The van der Waals surface area contributed by atoms with Crippen LogP contribution < -0.4 is 20.2 Å². The summed E-state index contributed by atoms with van der Waals surface area (Å²) in [5, 5.41) is 7.86. The number of benzene rings is 2. The van der Waals surface area contributed by atoms with E-state index in [1.54, 1.807) is 34.5 Å². The van der Waals surface area contributed by atoms with Gasteiger partial charge in [-0.3, -0.25) is 18.8 Å². The molecule has 1 N–H and O–H groups in total. The third-order valence-corrected chi connectivity index (χ3v) is 7.64. The third-order valence-electron chi connectivity index (χ3n) is 6.41. The molecule has 2 aromatic carbocycles. The van der Waals surface area contributed by atoms with Crippen molar-refractivity contribution in [2.75, 3.05) is 5.32 Å². The molecule has 0 bridgehead atoms. The van der Waals surface area contributed by atoms with Gasteiger partial charge in [-0.05, 0) is 56.2 Å². The van der Waals surface area contributed by atoms with Gasteiger partial charge < -0.3 is 5.32 Å². The molecule has 9 heteroatoms. The monoisotopic (exact) mass is 517 g/mol. The largest absolute Gasteiger partial charge is 0.322 e. The van der Waals surface area contributed by atoms with Gasteiger partial charge in [-0.15, -0.1) is 0 Å². The van der Waals surface area contributed by atoms with Gasteiger partial charge in [0.15, 0.2) is 4.80 Å². The van der Waals surface area contributed by atoms with Crippen LogP contribution in [0.1, 0.15) is 35.3 Å². The van der Waals surface area contributed by atoms with Crippen LogP contribution in [-0.2, 0) is 11.8 Å². The molecule has 1 atom stereocenters. The summed E-state index contributed by atoms with van der Waals surface area (Å²) in [6.45, 7) is 5.69. The van der Waals surface area contributed by atoms with Gasteiger partial charge in [-0.2, -0.15) is 5.10 Å². The second kappa shape index (κ2) is 9.37. The number of fused-ring (bicyclic) bond motifs is 1. The smallest absolute Gasteiger partial charge is 0.271 e. The molecule has 1 aliphatic heterocycles. The summed E-state index contributed by atoms with van der Waals surface area (Å²) in [7, 11) is 1.86. The van der Waals surface area contributed by atoms with Crippen molar-refractivity contribution in [3.8, 4) is 0 Å². The predicted octanol–water partition coefficient (Wildman–Crippen LogP) is 3.88. The fourth-order valence-corrected chi connectivity index (χ4v) is 5.44. The van der Waals surface area contributed by atoms with Crippen molar-refractivity contribution < 1.29 is 4.79 Å². The maximum absolute atomic E-state index is 13.7. The molecule has 0 radical (unpaired) electrons. The lowest BCUT2D eigenvalue weighted by molar-refractivity contribution is -0.113. The molecule has 0 fully saturated rings. The molecule has 0 aliphatic carbocycles. The van der Waals surface area contributed by atoms with Gasteiger partial charge in [0.25, 0.3) is 11.5 Å². The molecule has 0 unspecified atom stereocenters. The molecule has 0 saturated heterocycles. The first-order valence-electron chi connectivity index (χ1n) is 11.4. The molecule has 0 spiro atoms. The number of rotatable bonds is 4. The number of carbonyl (C=O) groups is 1. The normalized spacial score (nSPS) is 15.6. The van der Waals surface area contributed by atoms with Gasteiger partial charge in [-0.25, -0.2) is 4.99 Å². The summed E-state index contributed by atoms with van der Waals surface area (Å²) in [5.41, 5.74) is 5.00. The highest BCUT2D eigenvalue weighted by molar-refractivity contribution is 7.07. The highest BCUT2D eigenvalue weighted by Crippen LogP contribution is 2.31. The van der Waals surface area contributed by atoms with E-state index in [4.69, 9.17) is 11.6 Å². The maximum atomic E-state index is 13.7. The minimum absolute atomic E-state index is 0.212. The highest BCUT2D eigenvalue weighted by Gasteiger charge is 2.32. The number of amides is 1. The Balaban J connectivity index is 1.69. The van der Waals surface area contributed by atoms with Crippen LogP contribution in [0.4, 0.5) is 5.69 Å². The average Bonchev–Trinajstić information content (AvgIpc) is 3.33. The summed E-state index contributed by atoms with van der Waals surface area (Å²) < 4.78 is 3.89. The highest BCUT2D eigenvalue weighted by atomic mass is 35.5. The van der Waals surface area contributed by atoms with Crippen LogP contribution in [0.25, 0.3) is 6.08 Å². The number of nitrogens with one attached hydrogen (secondary N) is 1. The zero-order chi connectivity index (χ0) is 25.6. The molecular formula is C27H24ClN5O2S. The molecule has 0 saturated carbocycles. The molecule has 5 rings (SSSR count). The average molecular weight is 518 g/mol. The van der Waals surface area contributed by atoms with Gasteiger partial charge in [-0.1, -0.05) is 53.3 Å². The standard InChI is InChI=1S/C27H24ClN5O2S/c1-15-7-5-6-8-21(15)31-25(34)23-16(2)30-27-33(24(23)18-9-11-20(28)12-10-18)26(35)22(36-27)13-19-14-29-32(4)17(19)3/h5-14,24H,1-4H3,(H,31,34)/b22-13+/t24-/m0/s1. The summed E-state index contributed by atoms with van der Waals surface area (Å²) in [5.74, 6) is -0.303. The number of anilines is 1. The van der Waals surface area contributed by atoms with Crippen molar-refractivity contribution in [2.24, 2.45) is 12.0 Å². The van der Waals surface area contributed by atoms with E-state index in [-0.39, 0.29) is 11.5 Å². The van der Waals surface area contributed by atoms with Crippen LogP contribution >= 0.6 is 22.9 Å². The molecule has 1 aliphatic rings. The summed E-state index contributed by atoms with van der Waals surface area (Å²) in [4.78, 5) is 32.6. The first-order valence-corrected chi connectivity index (χ1v) is 12.6.